The van der Waals surface area contributed by atoms with Crippen molar-refractivity contribution in [1.82, 2.24) is 0 Å². The Morgan fingerprint density at radius 1 is 0.296 bits per heavy atom. The van der Waals surface area contributed by atoms with E-state index in [1.165, 1.54) is 173 Å². The van der Waals surface area contributed by atoms with Crippen LogP contribution in [-0.2, 0) is 28.6 Å². The van der Waals surface area contributed by atoms with Crippen LogP contribution in [0.15, 0.2) is 0 Å². The zero-order chi connectivity index (χ0) is 39.4. The van der Waals surface area contributed by atoms with Crippen molar-refractivity contribution in [3.63, 3.8) is 0 Å². The predicted octanol–water partition coefficient (Wildman–Crippen LogP) is 15.3. The number of ether oxygens (including phenoxy) is 3. The van der Waals surface area contributed by atoms with Gasteiger partial charge < -0.3 is 14.2 Å². The molecule has 0 radical (unpaired) electrons. The molecule has 6 heteroatoms. The maximum absolute atomic E-state index is 12.7. The van der Waals surface area contributed by atoms with Gasteiger partial charge in [0.25, 0.3) is 0 Å². The van der Waals surface area contributed by atoms with Gasteiger partial charge in [0.15, 0.2) is 6.10 Å². The van der Waals surface area contributed by atoms with Crippen LogP contribution in [0.4, 0.5) is 0 Å². The molecule has 0 rings (SSSR count). The van der Waals surface area contributed by atoms with Gasteiger partial charge in [0, 0.05) is 19.3 Å². The van der Waals surface area contributed by atoms with E-state index in [4.69, 9.17) is 14.2 Å². The van der Waals surface area contributed by atoms with Crippen molar-refractivity contribution in [2.75, 3.05) is 13.2 Å². The maximum atomic E-state index is 12.7. The minimum Gasteiger partial charge on any atom is -0.462 e. The van der Waals surface area contributed by atoms with Crippen molar-refractivity contribution in [1.29, 1.82) is 0 Å². The van der Waals surface area contributed by atoms with E-state index in [1.807, 2.05) is 0 Å². The minimum absolute atomic E-state index is 0.0626. The SMILES string of the molecule is CCCCCCCCCCCCCCCCCCCC(=O)OC[C@H](COC(=O)CCCCCCCCCCC)OC(=O)CCCCCCCCCCCC. The highest BCUT2D eigenvalue weighted by molar-refractivity contribution is 5.71. The van der Waals surface area contributed by atoms with E-state index < -0.39 is 6.10 Å². The Kier molecular flexibility index (Phi) is 42.8. The standard InChI is InChI=1S/C48H92O6/c1-4-7-10-13-16-19-21-22-23-24-25-26-27-30-32-35-38-41-47(50)53-44-45(43-52-46(49)40-37-34-31-28-18-15-12-9-6-3)54-48(51)42-39-36-33-29-20-17-14-11-8-5-2/h45H,4-44H2,1-3H3/t45-/m0/s1. The molecule has 6 nitrogen and oxygen atoms in total. The number of unbranched alkanes of at least 4 members (excludes halogenated alkanes) is 33. The number of hydrogen-bond acceptors (Lipinski definition) is 6. The molecule has 0 aromatic carbocycles. The molecule has 0 spiro atoms. The molecular formula is C48H92O6. The molecule has 0 amide bonds. The molecule has 54 heavy (non-hydrogen) atoms. The third kappa shape index (κ3) is 41.6. The van der Waals surface area contributed by atoms with Gasteiger partial charge in [-0.15, -0.1) is 0 Å². The second-order valence-electron chi connectivity index (χ2n) is 16.4. The smallest absolute Gasteiger partial charge is 0.306 e. The molecule has 0 heterocycles. The van der Waals surface area contributed by atoms with Crippen LogP contribution in [0.5, 0.6) is 0 Å². The normalized spacial score (nSPS) is 11.8. The van der Waals surface area contributed by atoms with Crippen molar-refractivity contribution < 1.29 is 28.6 Å². The van der Waals surface area contributed by atoms with Gasteiger partial charge >= 0.3 is 17.9 Å². The van der Waals surface area contributed by atoms with Gasteiger partial charge in [-0.3, -0.25) is 14.4 Å². The van der Waals surface area contributed by atoms with Crippen LogP contribution in [0.3, 0.4) is 0 Å². The average molecular weight is 765 g/mol. The van der Waals surface area contributed by atoms with Gasteiger partial charge in [0.1, 0.15) is 13.2 Å². The molecule has 0 N–H and O–H groups in total. The molecule has 0 aromatic heterocycles. The van der Waals surface area contributed by atoms with Crippen molar-refractivity contribution in [3.8, 4) is 0 Å². The molecule has 0 saturated heterocycles. The molecule has 0 fully saturated rings. The second kappa shape index (κ2) is 44.1. The minimum atomic E-state index is -0.757. The van der Waals surface area contributed by atoms with Gasteiger partial charge in [-0.1, -0.05) is 233 Å². The van der Waals surface area contributed by atoms with Gasteiger partial charge in [0.2, 0.25) is 0 Å². The highest BCUT2D eigenvalue weighted by Crippen LogP contribution is 2.16. The molecule has 320 valence electrons. The second-order valence-corrected chi connectivity index (χ2v) is 16.4. The summed E-state index contributed by atoms with van der Waals surface area (Å²) in [5.74, 6) is -0.852. The van der Waals surface area contributed by atoms with E-state index in [9.17, 15) is 14.4 Å². The molecule has 0 aliphatic carbocycles. The number of hydrogen-bond donors (Lipinski definition) is 0. The Morgan fingerprint density at radius 3 is 0.741 bits per heavy atom. The van der Waals surface area contributed by atoms with Crippen molar-refractivity contribution in [3.05, 3.63) is 0 Å². The largest absolute Gasteiger partial charge is 0.462 e. The predicted molar refractivity (Wildman–Crippen MR) is 229 cm³/mol. The zero-order valence-electron chi connectivity index (χ0n) is 36.5. The lowest BCUT2D eigenvalue weighted by atomic mass is 10.0. The summed E-state index contributed by atoms with van der Waals surface area (Å²) in [6.45, 7) is 6.63. The van der Waals surface area contributed by atoms with Crippen LogP contribution in [0.2, 0.25) is 0 Å². The maximum Gasteiger partial charge on any atom is 0.306 e. The van der Waals surface area contributed by atoms with Crippen LogP contribution >= 0.6 is 0 Å². The van der Waals surface area contributed by atoms with E-state index in [0.29, 0.717) is 19.3 Å². The Hall–Kier alpha value is -1.59. The summed E-state index contributed by atoms with van der Waals surface area (Å²) >= 11 is 0. The summed E-state index contributed by atoms with van der Waals surface area (Å²) in [5, 5.41) is 0. The first kappa shape index (κ1) is 52.4. The van der Waals surface area contributed by atoms with Gasteiger partial charge in [-0.25, -0.2) is 0 Å². The highest BCUT2D eigenvalue weighted by Gasteiger charge is 2.19. The lowest BCUT2D eigenvalue weighted by molar-refractivity contribution is -0.167. The van der Waals surface area contributed by atoms with E-state index in [-0.39, 0.29) is 31.1 Å². The monoisotopic (exact) mass is 765 g/mol. The molecule has 0 saturated carbocycles. The van der Waals surface area contributed by atoms with Crippen LogP contribution in [0, 0.1) is 0 Å². The van der Waals surface area contributed by atoms with Crippen molar-refractivity contribution in [2.24, 2.45) is 0 Å². The van der Waals surface area contributed by atoms with E-state index in [1.54, 1.807) is 0 Å². The molecule has 0 aliphatic rings. The summed E-state index contributed by atoms with van der Waals surface area (Å²) in [5.41, 5.74) is 0. The third-order valence-corrected chi connectivity index (χ3v) is 10.9. The van der Waals surface area contributed by atoms with E-state index in [2.05, 4.69) is 20.8 Å². The van der Waals surface area contributed by atoms with Crippen molar-refractivity contribution in [2.45, 2.75) is 277 Å². The Morgan fingerprint density at radius 2 is 0.500 bits per heavy atom. The quantitative estimate of drug-likeness (QED) is 0.0349. The van der Waals surface area contributed by atoms with Gasteiger partial charge in [0.05, 0.1) is 0 Å². The Balaban J connectivity index is 4.22. The van der Waals surface area contributed by atoms with Crippen LogP contribution < -0.4 is 0 Å². The summed E-state index contributed by atoms with van der Waals surface area (Å²) in [4.78, 5) is 37.7. The fourth-order valence-corrected chi connectivity index (χ4v) is 7.21. The molecule has 0 bridgehead atoms. The lowest BCUT2D eigenvalue weighted by Crippen LogP contribution is -2.30. The zero-order valence-corrected chi connectivity index (χ0v) is 36.5. The van der Waals surface area contributed by atoms with Crippen molar-refractivity contribution >= 4 is 17.9 Å². The Bertz CT molecular complexity index is 798. The molecule has 0 aromatic rings. The molecule has 0 unspecified atom stereocenters. The van der Waals surface area contributed by atoms with Crippen LogP contribution in [0.25, 0.3) is 0 Å². The summed E-state index contributed by atoms with van der Waals surface area (Å²) in [7, 11) is 0. The fraction of sp³-hybridized carbons (Fsp3) is 0.938. The topological polar surface area (TPSA) is 78.9 Å². The first-order valence-electron chi connectivity index (χ1n) is 24.0. The van der Waals surface area contributed by atoms with Gasteiger partial charge in [-0.2, -0.15) is 0 Å². The molecular weight excluding hydrogens is 673 g/mol. The Labute approximate surface area is 336 Å². The molecule has 0 aliphatic heterocycles. The summed E-state index contributed by atoms with van der Waals surface area (Å²) < 4.78 is 16.7. The van der Waals surface area contributed by atoms with Crippen LogP contribution in [-0.4, -0.2) is 37.2 Å². The first-order chi connectivity index (χ1) is 26.5. The summed E-state index contributed by atoms with van der Waals surface area (Å²) in [6, 6.07) is 0. The third-order valence-electron chi connectivity index (χ3n) is 10.9. The highest BCUT2D eigenvalue weighted by atomic mass is 16.6. The average Bonchev–Trinajstić information content (AvgIpc) is 3.17. The molecule has 1 atom stereocenters. The number of carbonyl (C=O) groups excluding carboxylic acids is 3. The number of carbonyl (C=O) groups is 3. The lowest BCUT2D eigenvalue weighted by Gasteiger charge is -2.18. The first-order valence-corrected chi connectivity index (χ1v) is 24.0. The number of rotatable bonds is 44. The number of esters is 3. The summed E-state index contributed by atoms with van der Waals surface area (Å²) in [6.07, 6.45) is 45.2. The van der Waals surface area contributed by atoms with Gasteiger partial charge in [-0.05, 0) is 19.3 Å². The fourth-order valence-electron chi connectivity index (χ4n) is 7.21. The van der Waals surface area contributed by atoms with E-state index >= 15 is 0 Å². The van der Waals surface area contributed by atoms with E-state index in [0.717, 1.165) is 57.8 Å². The van der Waals surface area contributed by atoms with Crippen LogP contribution in [0.1, 0.15) is 271 Å².